The molecule has 0 aliphatic heterocycles. The third-order valence-electron chi connectivity index (χ3n) is 2.20. The van der Waals surface area contributed by atoms with Gasteiger partial charge in [0.05, 0.1) is 16.3 Å². The van der Waals surface area contributed by atoms with E-state index in [2.05, 4.69) is 10.3 Å². The molecule has 1 heterocycles. The molecule has 0 fully saturated rings. The van der Waals surface area contributed by atoms with Gasteiger partial charge in [-0.1, -0.05) is 12.1 Å². The largest absolute Gasteiger partial charge is 0.397 e. The molecule has 6 heteroatoms. The van der Waals surface area contributed by atoms with Gasteiger partial charge in [-0.15, -0.1) is 0 Å². The first-order valence-electron chi connectivity index (χ1n) is 4.89. The number of nitrogens with one attached hydrogen (secondary N) is 1. The summed E-state index contributed by atoms with van der Waals surface area (Å²) < 4.78 is 0. The monoisotopic (exact) mass is 230 g/mol. The minimum Gasteiger partial charge on any atom is -0.397 e. The highest BCUT2D eigenvalue weighted by atomic mass is 16.6. The van der Waals surface area contributed by atoms with Gasteiger partial charge >= 0.3 is 5.69 Å². The molecule has 2 aromatic rings. The number of pyridine rings is 1. The molecule has 86 valence electrons. The van der Waals surface area contributed by atoms with Crippen molar-refractivity contribution in [2.24, 2.45) is 0 Å². The molecule has 17 heavy (non-hydrogen) atoms. The first-order chi connectivity index (χ1) is 8.18. The second-order valence-corrected chi connectivity index (χ2v) is 3.34. The Balaban J connectivity index is 2.37. The standard InChI is InChI=1S/C11H10N4O2/c12-8-4-1-2-5-9(8)14-11-10(15(16)17)6-3-7-13-11/h1-7H,12H2,(H,13,14). The summed E-state index contributed by atoms with van der Waals surface area (Å²) in [5.41, 5.74) is 6.75. The Hall–Kier alpha value is -2.63. The van der Waals surface area contributed by atoms with Gasteiger partial charge in [-0.2, -0.15) is 0 Å². The van der Waals surface area contributed by atoms with Gasteiger partial charge in [0, 0.05) is 12.3 Å². The number of hydrogen-bond donors (Lipinski definition) is 2. The van der Waals surface area contributed by atoms with E-state index >= 15 is 0 Å². The van der Waals surface area contributed by atoms with Crippen LogP contribution in [0.15, 0.2) is 42.6 Å². The van der Waals surface area contributed by atoms with Crippen LogP contribution in [0.3, 0.4) is 0 Å². The van der Waals surface area contributed by atoms with Crippen LogP contribution < -0.4 is 11.1 Å². The molecule has 0 aliphatic carbocycles. The fraction of sp³-hybridized carbons (Fsp3) is 0. The Bertz CT molecular complexity index is 557. The van der Waals surface area contributed by atoms with Crippen LogP contribution in [0.4, 0.5) is 22.9 Å². The Morgan fingerprint density at radius 2 is 2.00 bits per heavy atom. The molecule has 0 bridgehead atoms. The van der Waals surface area contributed by atoms with Crippen molar-refractivity contribution in [1.82, 2.24) is 4.98 Å². The van der Waals surface area contributed by atoms with Crippen molar-refractivity contribution in [3.63, 3.8) is 0 Å². The lowest BCUT2D eigenvalue weighted by Gasteiger charge is -2.07. The number of aromatic nitrogens is 1. The second-order valence-electron chi connectivity index (χ2n) is 3.34. The van der Waals surface area contributed by atoms with Crippen molar-refractivity contribution < 1.29 is 4.92 Å². The third-order valence-corrected chi connectivity index (χ3v) is 2.20. The van der Waals surface area contributed by atoms with Crippen molar-refractivity contribution in [2.45, 2.75) is 0 Å². The van der Waals surface area contributed by atoms with E-state index in [1.165, 1.54) is 18.3 Å². The smallest absolute Gasteiger partial charge is 0.311 e. The zero-order valence-electron chi connectivity index (χ0n) is 8.83. The quantitative estimate of drug-likeness (QED) is 0.479. The lowest BCUT2D eigenvalue weighted by atomic mass is 10.2. The molecule has 0 atom stereocenters. The molecule has 0 radical (unpaired) electrons. The zero-order valence-corrected chi connectivity index (χ0v) is 8.83. The molecule has 1 aromatic carbocycles. The van der Waals surface area contributed by atoms with Crippen LogP contribution in [0.1, 0.15) is 0 Å². The maximum atomic E-state index is 10.8. The number of benzene rings is 1. The lowest BCUT2D eigenvalue weighted by Crippen LogP contribution is -2.01. The van der Waals surface area contributed by atoms with Crippen molar-refractivity contribution >= 4 is 22.9 Å². The van der Waals surface area contributed by atoms with Crippen LogP contribution in [-0.4, -0.2) is 9.91 Å². The van der Waals surface area contributed by atoms with Gasteiger partial charge in [-0.3, -0.25) is 10.1 Å². The number of rotatable bonds is 3. The van der Waals surface area contributed by atoms with E-state index < -0.39 is 4.92 Å². The maximum absolute atomic E-state index is 10.8. The molecule has 2 rings (SSSR count). The van der Waals surface area contributed by atoms with Gasteiger partial charge in [0.25, 0.3) is 0 Å². The second kappa shape index (κ2) is 4.48. The highest BCUT2D eigenvalue weighted by Gasteiger charge is 2.14. The number of nitrogens with two attached hydrogens (primary N) is 1. The van der Waals surface area contributed by atoms with Crippen LogP contribution in [0.2, 0.25) is 0 Å². The molecule has 0 saturated carbocycles. The minimum absolute atomic E-state index is 0.0873. The summed E-state index contributed by atoms with van der Waals surface area (Å²) >= 11 is 0. The number of nitrogen functional groups attached to an aromatic ring is 1. The van der Waals surface area contributed by atoms with Gasteiger partial charge < -0.3 is 11.1 Å². The molecular weight excluding hydrogens is 220 g/mol. The molecule has 1 aromatic heterocycles. The number of anilines is 3. The molecule has 6 nitrogen and oxygen atoms in total. The predicted octanol–water partition coefficient (Wildman–Crippen LogP) is 2.32. The van der Waals surface area contributed by atoms with Gasteiger partial charge in [0.1, 0.15) is 0 Å². The fourth-order valence-corrected chi connectivity index (χ4v) is 1.38. The number of nitrogens with zero attached hydrogens (tertiary/aromatic N) is 2. The summed E-state index contributed by atoms with van der Waals surface area (Å²) in [6.07, 6.45) is 1.48. The molecule has 0 amide bonds. The lowest BCUT2D eigenvalue weighted by molar-refractivity contribution is -0.384. The van der Waals surface area contributed by atoms with Crippen LogP contribution in [-0.2, 0) is 0 Å². The van der Waals surface area contributed by atoms with E-state index in [4.69, 9.17) is 5.73 Å². The summed E-state index contributed by atoms with van der Waals surface area (Å²) in [4.78, 5) is 14.2. The van der Waals surface area contributed by atoms with Crippen LogP contribution >= 0.6 is 0 Å². The SMILES string of the molecule is Nc1ccccc1Nc1ncccc1[N+](=O)[O-]. The van der Waals surface area contributed by atoms with Crippen LogP contribution in [0.5, 0.6) is 0 Å². The third kappa shape index (κ3) is 2.31. The minimum atomic E-state index is -0.492. The fourth-order valence-electron chi connectivity index (χ4n) is 1.38. The Labute approximate surface area is 97.3 Å². The van der Waals surface area contributed by atoms with E-state index in [0.29, 0.717) is 11.4 Å². The molecule has 3 N–H and O–H groups in total. The first-order valence-corrected chi connectivity index (χ1v) is 4.89. The summed E-state index contributed by atoms with van der Waals surface area (Å²) in [6, 6.07) is 9.90. The van der Waals surface area contributed by atoms with E-state index in [9.17, 15) is 10.1 Å². The molecule has 0 spiro atoms. The van der Waals surface area contributed by atoms with Crippen molar-refractivity contribution in [3.05, 3.63) is 52.7 Å². The normalized spacial score (nSPS) is 9.88. The highest BCUT2D eigenvalue weighted by Crippen LogP contribution is 2.27. The first kappa shape index (κ1) is 10.9. The number of nitro groups is 1. The summed E-state index contributed by atoms with van der Waals surface area (Å²) in [5, 5.41) is 13.6. The Morgan fingerprint density at radius 1 is 1.24 bits per heavy atom. The van der Waals surface area contributed by atoms with Crippen molar-refractivity contribution in [1.29, 1.82) is 0 Å². The average molecular weight is 230 g/mol. The molecular formula is C11H10N4O2. The van der Waals surface area contributed by atoms with Gasteiger partial charge in [0.15, 0.2) is 0 Å². The van der Waals surface area contributed by atoms with E-state index in [1.54, 1.807) is 24.3 Å². The van der Waals surface area contributed by atoms with E-state index in [1.807, 2.05) is 0 Å². The highest BCUT2D eigenvalue weighted by molar-refractivity contribution is 5.74. The topological polar surface area (TPSA) is 94.1 Å². The van der Waals surface area contributed by atoms with E-state index in [0.717, 1.165) is 0 Å². The zero-order chi connectivity index (χ0) is 12.3. The van der Waals surface area contributed by atoms with Gasteiger partial charge in [0.2, 0.25) is 5.82 Å². The Kier molecular flexibility index (Phi) is 2.87. The van der Waals surface area contributed by atoms with Crippen molar-refractivity contribution in [2.75, 3.05) is 11.1 Å². The average Bonchev–Trinajstić information content (AvgIpc) is 2.32. The van der Waals surface area contributed by atoms with Crippen LogP contribution in [0, 0.1) is 10.1 Å². The number of hydrogen-bond acceptors (Lipinski definition) is 5. The molecule has 0 saturated heterocycles. The molecule has 0 unspecified atom stereocenters. The van der Waals surface area contributed by atoms with Gasteiger partial charge in [-0.05, 0) is 18.2 Å². The van der Waals surface area contributed by atoms with Gasteiger partial charge in [-0.25, -0.2) is 4.98 Å². The number of para-hydroxylation sites is 2. The Morgan fingerprint density at radius 3 is 2.71 bits per heavy atom. The summed E-state index contributed by atoms with van der Waals surface area (Å²) in [7, 11) is 0. The summed E-state index contributed by atoms with van der Waals surface area (Å²) in [6.45, 7) is 0. The van der Waals surface area contributed by atoms with Crippen LogP contribution in [0.25, 0.3) is 0 Å². The predicted molar refractivity (Wildman–Crippen MR) is 65.0 cm³/mol. The summed E-state index contributed by atoms with van der Waals surface area (Å²) in [5.74, 6) is 0.176. The molecule has 0 aliphatic rings. The van der Waals surface area contributed by atoms with E-state index in [-0.39, 0.29) is 11.5 Å². The van der Waals surface area contributed by atoms with Crippen molar-refractivity contribution in [3.8, 4) is 0 Å². The maximum Gasteiger partial charge on any atom is 0.311 e.